The number of carbonyl (C=O) groups is 1. The molecule has 134 valence electrons. The molecule has 0 bridgehead atoms. The van der Waals surface area contributed by atoms with Gasteiger partial charge in [-0.1, -0.05) is 12.7 Å². The molecule has 0 aliphatic carbocycles. The van der Waals surface area contributed by atoms with Crippen LogP contribution in [0.1, 0.15) is 30.0 Å². The Labute approximate surface area is 151 Å². The Morgan fingerprint density at radius 2 is 2.04 bits per heavy atom. The van der Waals surface area contributed by atoms with Crippen molar-refractivity contribution in [3.63, 3.8) is 0 Å². The van der Waals surface area contributed by atoms with Gasteiger partial charge in [-0.25, -0.2) is 19.7 Å². The highest BCUT2D eigenvalue weighted by Crippen LogP contribution is 2.26. The average Bonchev–Trinajstić information content (AvgIpc) is 2.66. The molecule has 0 amide bonds. The van der Waals surface area contributed by atoms with E-state index in [0.29, 0.717) is 35.4 Å². The largest absolute Gasteiger partial charge is 0.488 e. The molecule has 0 atom stereocenters. The highest BCUT2D eigenvalue weighted by molar-refractivity contribution is 5.87. The first kappa shape index (κ1) is 18.9. The molecular weight excluding hydrogens is 334 g/mol. The summed E-state index contributed by atoms with van der Waals surface area (Å²) in [4.78, 5) is 23.2. The van der Waals surface area contributed by atoms with Gasteiger partial charge in [-0.3, -0.25) is 0 Å². The van der Waals surface area contributed by atoms with Gasteiger partial charge in [-0.15, -0.1) is 0 Å². The van der Waals surface area contributed by atoms with Crippen LogP contribution in [0.4, 0.5) is 0 Å². The molecular formula is C19H19N3O4. The van der Waals surface area contributed by atoms with E-state index in [1.807, 2.05) is 13.8 Å². The van der Waals surface area contributed by atoms with Crippen LogP contribution in [0.15, 0.2) is 61.3 Å². The second kappa shape index (κ2) is 9.12. The zero-order chi connectivity index (χ0) is 18.9. The highest BCUT2D eigenvalue weighted by atomic mass is 16.5. The molecule has 0 spiro atoms. The summed E-state index contributed by atoms with van der Waals surface area (Å²) in [6.45, 7) is 7.91. The van der Waals surface area contributed by atoms with E-state index >= 15 is 0 Å². The zero-order valence-electron chi connectivity index (χ0n) is 14.5. The Morgan fingerprint density at radius 3 is 2.62 bits per heavy atom. The van der Waals surface area contributed by atoms with Gasteiger partial charge in [-0.2, -0.15) is 0 Å². The molecule has 26 heavy (non-hydrogen) atoms. The lowest BCUT2D eigenvalue weighted by molar-refractivity contribution is 0.0696. The summed E-state index contributed by atoms with van der Waals surface area (Å²) < 4.78 is 11.3. The van der Waals surface area contributed by atoms with Gasteiger partial charge >= 0.3 is 5.97 Å². The fraction of sp³-hybridized carbons (Fsp3) is 0.158. The van der Waals surface area contributed by atoms with Crippen LogP contribution in [0.2, 0.25) is 0 Å². The van der Waals surface area contributed by atoms with Crippen molar-refractivity contribution in [1.82, 2.24) is 15.0 Å². The first-order valence-corrected chi connectivity index (χ1v) is 7.90. The molecule has 0 aliphatic rings. The van der Waals surface area contributed by atoms with Gasteiger partial charge in [0.2, 0.25) is 0 Å². The van der Waals surface area contributed by atoms with Crippen molar-refractivity contribution in [2.75, 3.05) is 6.61 Å². The maximum absolute atomic E-state index is 10.9. The Kier molecular flexibility index (Phi) is 6.61. The summed E-state index contributed by atoms with van der Waals surface area (Å²) in [5, 5.41) is 8.93. The van der Waals surface area contributed by atoms with Crippen LogP contribution in [0.3, 0.4) is 0 Å². The van der Waals surface area contributed by atoms with E-state index in [9.17, 15) is 4.79 Å². The quantitative estimate of drug-likeness (QED) is 0.573. The molecule has 1 N–H and O–H groups in total. The monoisotopic (exact) mass is 353 g/mol. The van der Waals surface area contributed by atoms with Gasteiger partial charge in [0.1, 0.15) is 5.76 Å². The van der Waals surface area contributed by atoms with E-state index in [0.717, 1.165) is 0 Å². The van der Waals surface area contributed by atoms with Gasteiger partial charge < -0.3 is 14.6 Å². The van der Waals surface area contributed by atoms with Crippen molar-refractivity contribution in [1.29, 1.82) is 0 Å². The molecule has 7 nitrogen and oxygen atoms in total. The van der Waals surface area contributed by atoms with E-state index in [4.69, 9.17) is 14.6 Å². The van der Waals surface area contributed by atoms with Crippen molar-refractivity contribution in [2.24, 2.45) is 0 Å². The molecule has 0 aliphatic heterocycles. The lowest BCUT2D eigenvalue weighted by atomic mass is 10.2. The Morgan fingerprint density at radius 1 is 1.31 bits per heavy atom. The van der Waals surface area contributed by atoms with Crippen molar-refractivity contribution in [2.45, 2.75) is 13.8 Å². The minimum atomic E-state index is -1.08. The van der Waals surface area contributed by atoms with Gasteiger partial charge in [-0.05, 0) is 38.1 Å². The van der Waals surface area contributed by atoms with E-state index in [2.05, 4.69) is 21.5 Å². The average molecular weight is 353 g/mol. The lowest BCUT2D eigenvalue weighted by Crippen LogP contribution is -2.02. The number of aromatic carboxylic acids is 1. The molecule has 0 radical (unpaired) electrons. The van der Waals surface area contributed by atoms with Crippen LogP contribution in [0, 0.1) is 0 Å². The smallest absolute Gasteiger partial charge is 0.338 e. The van der Waals surface area contributed by atoms with E-state index in [-0.39, 0.29) is 5.56 Å². The van der Waals surface area contributed by atoms with Gasteiger partial charge in [0, 0.05) is 24.2 Å². The third-order valence-electron chi connectivity index (χ3n) is 3.22. The van der Waals surface area contributed by atoms with Crippen LogP contribution < -0.4 is 9.47 Å². The second-order valence-electron chi connectivity index (χ2n) is 4.94. The van der Waals surface area contributed by atoms with Crippen molar-refractivity contribution in [3.05, 3.63) is 72.7 Å². The normalized spacial score (nSPS) is 11.8. The number of carboxylic acids is 1. The fourth-order valence-corrected chi connectivity index (χ4v) is 1.98. The van der Waals surface area contributed by atoms with Crippen LogP contribution in [0.25, 0.3) is 5.57 Å². The molecule has 2 aromatic heterocycles. The number of carboxylic acid groups (broad SMARTS) is 1. The molecule has 2 aromatic rings. The molecule has 2 rings (SSSR count). The van der Waals surface area contributed by atoms with Crippen LogP contribution in [-0.4, -0.2) is 32.6 Å². The number of allylic oxidation sites excluding steroid dienone is 4. The standard InChI is InChI=1S/C19H19N3O4/c1-4-13(17-21-11-14(12-22-17)19(23)24)10-15(5-2)26-18-16(25-6-3)8-7-9-20-18/h4-5,7-12H,2,6H2,1,3H3,(H,23,24)/b13-4+,15-10+. The number of nitrogens with zero attached hydrogens (tertiary/aromatic N) is 3. The fourth-order valence-electron chi connectivity index (χ4n) is 1.98. The molecule has 0 unspecified atom stereocenters. The summed E-state index contributed by atoms with van der Waals surface area (Å²) >= 11 is 0. The lowest BCUT2D eigenvalue weighted by Gasteiger charge is -2.11. The summed E-state index contributed by atoms with van der Waals surface area (Å²) in [7, 11) is 0. The molecule has 0 saturated heterocycles. The number of hydrogen-bond donors (Lipinski definition) is 1. The number of ether oxygens (including phenoxy) is 2. The minimum Gasteiger partial charge on any atom is -0.488 e. The predicted molar refractivity (Wildman–Crippen MR) is 97.0 cm³/mol. The maximum Gasteiger partial charge on any atom is 0.338 e. The van der Waals surface area contributed by atoms with Crippen molar-refractivity contribution in [3.8, 4) is 11.6 Å². The van der Waals surface area contributed by atoms with Crippen LogP contribution >= 0.6 is 0 Å². The summed E-state index contributed by atoms with van der Waals surface area (Å²) in [5.41, 5.74) is 0.661. The Bertz CT molecular complexity index is 842. The summed E-state index contributed by atoms with van der Waals surface area (Å²) in [6.07, 6.45) is 9.10. The zero-order valence-corrected chi connectivity index (χ0v) is 14.5. The van der Waals surface area contributed by atoms with Gasteiger partial charge in [0.05, 0.1) is 12.2 Å². The van der Waals surface area contributed by atoms with Crippen LogP contribution in [-0.2, 0) is 0 Å². The number of pyridine rings is 1. The topological polar surface area (TPSA) is 94.4 Å². The third kappa shape index (κ3) is 4.76. The minimum absolute atomic E-state index is 0.0169. The maximum atomic E-state index is 10.9. The number of aromatic nitrogens is 3. The van der Waals surface area contributed by atoms with Gasteiger partial charge in [0.25, 0.3) is 5.88 Å². The second-order valence-corrected chi connectivity index (χ2v) is 4.94. The first-order chi connectivity index (χ1) is 12.6. The molecule has 2 heterocycles. The van der Waals surface area contributed by atoms with E-state index in [1.165, 1.54) is 18.5 Å². The summed E-state index contributed by atoms with van der Waals surface area (Å²) in [6, 6.07) is 3.52. The molecule has 0 fully saturated rings. The van der Waals surface area contributed by atoms with Crippen LogP contribution in [0.5, 0.6) is 11.6 Å². The van der Waals surface area contributed by atoms with Gasteiger partial charge in [0.15, 0.2) is 11.6 Å². The van der Waals surface area contributed by atoms with Crippen molar-refractivity contribution >= 4 is 11.5 Å². The number of hydrogen-bond acceptors (Lipinski definition) is 6. The Hall–Kier alpha value is -3.48. The molecule has 0 saturated carbocycles. The summed E-state index contributed by atoms with van der Waals surface area (Å²) in [5.74, 6) is 0.544. The van der Waals surface area contributed by atoms with E-state index < -0.39 is 5.97 Å². The predicted octanol–water partition coefficient (Wildman–Crippen LogP) is 3.52. The van der Waals surface area contributed by atoms with E-state index in [1.54, 1.807) is 30.5 Å². The number of rotatable bonds is 8. The SMILES string of the molecule is C=C/C(=C\C(=C/C)c1ncc(C(=O)O)cn1)Oc1ncccc1OCC. The Balaban J connectivity index is 2.28. The third-order valence-corrected chi connectivity index (χ3v) is 3.22. The molecule has 7 heteroatoms. The molecule has 0 aromatic carbocycles. The highest BCUT2D eigenvalue weighted by Gasteiger charge is 2.10. The first-order valence-electron chi connectivity index (χ1n) is 7.90. The van der Waals surface area contributed by atoms with Crippen molar-refractivity contribution < 1.29 is 19.4 Å².